The molecule has 1 aromatic heterocycles. The maximum Gasteiger partial charge on any atom is 0.266 e. The molecule has 0 saturated carbocycles. The van der Waals surface area contributed by atoms with Gasteiger partial charge < -0.3 is 20.7 Å². The molecule has 0 radical (unpaired) electrons. The minimum absolute atomic E-state index is 0.198. The molecule has 7 nitrogen and oxygen atoms in total. The van der Waals surface area contributed by atoms with Gasteiger partial charge in [-0.1, -0.05) is 30.3 Å². The summed E-state index contributed by atoms with van der Waals surface area (Å²) in [6.07, 6.45) is -0.217. The zero-order chi connectivity index (χ0) is 17.8. The van der Waals surface area contributed by atoms with Gasteiger partial charge in [0.2, 0.25) is 11.8 Å². The Hall–Kier alpha value is -2.93. The number of carbonyl (C=O) groups excluding carboxylic acids is 2. The molecule has 25 heavy (non-hydrogen) atoms. The zero-order valence-electron chi connectivity index (χ0n) is 14.1. The number of ether oxygens (including phenoxy) is 1. The van der Waals surface area contributed by atoms with Gasteiger partial charge in [0.15, 0.2) is 6.10 Å². The fraction of sp³-hybridized carbons (Fsp3) is 0.278. The van der Waals surface area contributed by atoms with Gasteiger partial charge in [-0.25, -0.2) is 0 Å². The second-order valence-corrected chi connectivity index (χ2v) is 5.83. The molecule has 2 heterocycles. The maximum absolute atomic E-state index is 12.2. The molecule has 0 aliphatic carbocycles. The molecule has 2 atom stereocenters. The van der Waals surface area contributed by atoms with Gasteiger partial charge in [-0.2, -0.15) is 4.98 Å². The van der Waals surface area contributed by atoms with Crippen LogP contribution in [0.25, 0.3) is 0 Å². The number of likely N-dealkylation sites (N-methyl/N-ethyl adjacent to an activating group) is 1. The molecule has 1 aromatic carbocycles. The van der Waals surface area contributed by atoms with Crippen LogP contribution in [0.2, 0.25) is 0 Å². The predicted molar refractivity (Wildman–Crippen MR) is 94.6 cm³/mol. The summed E-state index contributed by atoms with van der Waals surface area (Å²) >= 11 is 0. The molecule has 2 amide bonds. The molecule has 0 saturated heterocycles. The number of pyridine rings is 1. The van der Waals surface area contributed by atoms with Crippen LogP contribution in [-0.2, 0) is 16.0 Å². The Balaban J connectivity index is 1.75. The highest BCUT2D eigenvalue weighted by atomic mass is 16.5. The van der Waals surface area contributed by atoms with Gasteiger partial charge in [0, 0.05) is 6.42 Å². The summed E-state index contributed by atoms with van der Waals surface area (Å²) in [7, 11) is 1.71. The highest BCUT2D eigenvalue weighted by molar-refractivity contribution is 5.98. The van der Waals surface area contributed by atoms with Gasteiger partial charge in [0.25, 0.3) is 5.91 Å². The van der Waals surface area contributed by atoms with Crippen LogP contribution >= 0.6 is 0 Å². The lowest BCUT2D eigenvalue weighted by molar-refractivity contribution is -0.123. The standard InChI is InChI=1S/C18H20N4O3/c1-11(19-2)16(23)21-15-9-8-13-18(22-15)25-14(17(24)20-13)10-12-6-4-3-5-7-12/h3-9,11,14,19H,10H2,1-2H3,(H,20,24)(H,21,22,23)/t11-,14-/m0/s1. The van der Waals surface area contributed by atoms with Crippen molar-refractivity contribution in [2.75, 3.05) is 17.7 Å². The molecule has 1 aliphatic rings. The Bertz CT molecular complexity index is 779. The van der Waals surface area contributed by atoms with Crippen molar-refractivity contribution in [3.05, 3.63) is 48.0 Å². The number of carbonyl (C=O) groups is 2. The summed E-state index contributed by atoms with van der Waals surface area (Å²) in [5, 5.41) is 8.37. The van der Waals surface area contributed by atoms with E-state index in [1.54, 1.807) is 26.1 Å². The zero-order valence-corrected chi connectivity index (χ0v) is 14.1. The predicted octanol–water partition coefficient (Wildman–Crippen LogP) is 1.57. The van der Waals surface area contributed by atoms with E-state index < -0.39 is 6.10 Å². The van der Waals surface area contributed by atoms with Crippen molar-refractivity contribution in [2.24, 2.45) is 0 Å². The Kier molecular flexibility index (Phi) is 4.95. The maximum atomic E-state index is 12.2. The summed E-state index contributed by atoms with van der Waals surface area (Å²) in [5.41, 5.74) is 1.49. The van der Waals surface area contributed by atoms with Gasteiger partial charge in [0.1, 0.15) is 11.5 Å². The summed E-state index contributed by atoms with van der Waals surface area (Å²) < 4.78 is 5.77. The van der Waals surface area contributed by atoms with Crippen molar-refractivity contribution in [2.45, 2.75) is 25.5 Å². The number of hydrogen-bond donors (Lipinski definition) is 3. The lowest BCUT2D eigenvalue weighted by Crippen LogP contribution is -2.39. The lowest BCUT2D eigenvalue weighted by Gasteiger charge is -2.25. The van der Waals surface area contributed by atoms with E-state index in [1.807, 2.05) is 30.3 Å². The van der Waals surface area contributed by atoms with Crippen molar-refractivity contribution in [1.82, 2.24) is 10.3 Å². The minimum Gasteiger partial charge on any atom is -0.462 e. The third-order valence-corrected chi connectivity index (χ3v) is 4.01. The number of anilines is 2. The number of fused-ring (bicyclic) bond motifs is 1. The van der Waals surface area contributed by atoms with Crippen LogP contribution in [0.5, 0.6) is 5.88 Å². The van der Waals surface area contributed by atoms with Crippen LogP contribution < -0.4 is 20.7 Å². The van der Waals surface area contributed by atoms with E-state index in [0.717, 1.165) is 5.56 Å². The first-order valence-corrected chi connectivity index (χ1v) is 8.07. The van der Waals surface area contributed by atoms with Crippen LogP contribution in [0.3, 0.4) is 0 Å². The third kappa shape index (κ3) is 3.95. The second kappa shape index (κ2) is 7.31. The Labute approximate surface area is 145 Å². The van der Waals surface area contributed by atoms with Gasteiger partial charge in [-0.05, 0) is 31.7 Å². The summed E-state index contributed by atoms with van der Waals surface area (Å²) in [5.74, 6) is 0.269. The van der Waals surface area contributed by atoms with Gasteiger partial charge >= 0.3 is 0 Å². The fourth-order valence-corrected chi connectivity index (χ4v) is 2.42. The Morgan fingerprint density at radius 3 is 2.76 bits per heavy atom. The van der Waals surface area contributed by atoms with Crippen LogP contribution in [0.4, 0.5) is 11.5 Å². The molecule has 0 unspecified atom stereocenters. The average Bonchev–Trinajstić information content (AvgIpc) is 2.62. The van der Waals surface area contributed by atoms with Gasteiger partial charge in [-0.3, -0.25) is 9.59 Å². The average molecular weight is 340 g/mol. The van der Waals surface area contributed by atoms with E-state index in [0.29, 0.717) is 23.8 Å². The van der Waals surface area contributed by atoms with Crippen molar-refractivity contribution in [3.63, 3.8) is 0 Å². The van der Waals surface area contributed by atoms with E-state index in [9.17, 15) is 9.59 Å². The number of rotatable bonds is 5. The van der Waals surface area contributed by atoms with E-state index in [2.05, 4.69) is 20.9 Å². The number of nitrogens with zero attached hydrogens (tertiary/aromatic N) is 1. The van der Waals surface area contributed by atoms with Crippen molar-refractivity contribution in [1.29, 1.82) is 0 Å². The largest absolute Gasteiger partial charge is 0.462 e. The summed E-state index contributed by atoms with van der Waals surface area (Å²) in [6, 6.07) is 12.6. The monoisotopic (exact) mass is 340 g/mol. The van der Waals surface area contributed by atoms with E-state index in [1.165, 1.54) is 0 Å². The molecule has 7 heteroatoms. The highest BCUT2D eigenvalue weighted by Crippen LogP contribution is 2.29. The van der Waals surface area contributed by atoms with Crippen molar-refractivity contribution in [3.8, 4) is 5.88 Å². The molecular formula is C18H20N4O3. The fourth-order valence-electron chi connectivity index (χ4n) is 2.42. The molecule has 2 aromatic rings. The van der Waals surface area contributed by atoms with Crippen LogP contribution in [-0.4, -0.2) is 36.0 Å². The van der Waals surface area contributed by atoms with Crippen molar-refractivity contribution >= 4 is 23.3 Å². The Morgan fingerprint density at radius 2 is 2.04 bits per heavy atom. The molecule has 0 fully saturated rings. The molecule has 3 rings (SSSR count). The third-order valence-electron chi connectivity index (χ3n) is 4.01. The van der Waals surface area contributed by atoms with Crippen molar-refractivity contribution < 1.29 is 14.3 Å². The quantitative estimate of drug-likeness (QED) is 0.768. The molecule has 130 valence electrons. The van der Waals surface area contributed by atoms with Crippen LogP contribution in [0.1, 0.15) is 12.5 Å². The number of nitrogens with one attached hydrogen (secondary N) is 3. The number of aromatic nitrogens is 1. The second-order valence-electron chi connectivity index (χ2n) is 5.83. The number of amides is 2. The number of benzene rings is 1. The topological polar surface area (TPSA) is 92.3 Å². The van der Waals surface area contributed by atoms with E-state index in [-0.39, 0.29) is 17.9 Å². The molecule has 0 spiro atoms. The summed E-state index contributed by atoms with van der Waals surface area (Å²) in [6.45, 7) is 1.75. The van der Waals surface area contributed by atoms with E-state index >= 15 is 0 Å². The molecular weight excluding hydrogens is 320 g/mol. The molecule has 0 bridgehead atoms. The van der Waals surface area contributed by atoms with Gasteiger partial charge in [-0.15, -0.1) is 0 Å². The van der Waals surface area contributed by atoms with Gasteiger partial charge in [0.05, 0.1) is 6.04 Å². The molecule has 1 aliphatic heterocycles. The summed E-state index contributed by atoms with van der Waals surface area (Å²) in [4.78, 5) is 28.5. The van der Waals surface area contributed by atoms with E-state index in [4.69, 9.17) is 4.74 Å². The number of hydrogen-bond acceptors (Lipinski definition) is 5. The van der Waals surface area contributed by atoms with Crippen LogP contribution in [0, 0.1) is 0 Å². The normalized spacial score (nSPS) is 17.0. The van der Waals surface area contributed by atoms with Crippen LogP contribution in [0.15, 0.2) is 42.5 Å². The smallest absolute Gasteiger partial charge is 0.266 e. The first-order chi connectivity index (χ1) is 12.1. The SMILES string of the molecule is CN[C@@H](C)C(=O)Nc1ccc2c(n1)O[C@@H](Cc1ccccc1)C(=O)N2. The highest BCUT2D eigenvalue weighted by Gasteiger charge is 2.29. The first kappa shape index (κ1) is 16.9. The molecule has 3 N–H and O–H groups in total. The minimum atomic E-state index is -0.662. The first-order valence-electron chi connectivity index (χ1n) is 8.07. The Morgan fingerprint density at radius 1 is 1.28 bits per heavy atom. The lowest BCUT2D eigenvalue weighted by atomic mass is 10.1.